The Balaban J connectivity index is 1.62. The van der Waals surface area contributed by atoms with E-state index in [-0.39, 0.29) is 0 Å². The van der Waals surface area contributed by atoms with Gasteiger partial charge in [0.15, 0.2) is 11.6 Å². The van der Waals surface area contributed by atoms with E-state index in [1.54, 1.807) is 0 Å². The Morgan fingerprint density at radius 3 is 2.84 bits per heavy atom. The van der Waals surface area contributed by atoms with Crippen LogP contribution in [0.4, 0.5) is 0 Å². The molecule has 0 bridgehead atoms. The number of aryl methyl sites for hydroxylation is 2. The third-order valence-corrected chi connectivity index (χ3v) is 3.77. The Bertz CT molecular complexity index is 525. The number of aromatic nitrogens is 4. The minimum absolute atomic E-state index is 0.750. The Labute approximate surface area is 113 Å². The van der Waals surface area contributed by atoms with Crippen LogP contribution in [0.3, 0.4) is 0 Å². The van der Waals surface area contributed by atoms with E-state index in [1.807, 2.05) is 36.4 Å². The van der Waals surface area contributed by atoms with Gasteiger partial charge in [0, 0.05) is 51.6 Å². The van der Waals surface area contributed by atoms with Crippen LogP contribution in [0.2, 0.25) is 0 Å². The highest BCUT2D eigenvalue weighted by atomic mass is 16.5. The average molecular weight is 260 g/mol. The molecule has 0 saturated carbocycles. The highest BCUT2D eigenvalue weighted by Crippen LogP contribution is 2.20. The van der Waals surface area contributed by atoms with E-state index in [0.717, 1.165) is 37.3 Å². The van der Waals surface area contributed by atoms with Crippen molar-refractivity contribution in [2.24, 2.45) is 13.0 Å². The summed E-state index contributed by atoms with van der Waals surface area (Å²) in [6, 6.07) is 0. The smallest absolute Gasteiger partial charge is 0.176 e. The maximum atomic E-state index is 5.41. The molecule has 0 N–H and O–H groups in total. The first kappa shape index (κ1) is 12.4. The van der Waals surface area contributed by atoms with Crippen molar-refractivity contribution in [3.8, 4) is 11.6 Å². The van der Waals surface area contributed by atoms with Gasteiger partial charge in [-0.15, -0.1) is 0 Å². The highest BCUT2D eigenvalue weighted by Gasteiger charge is 2.15. The highest BCUT2D eigenvalue weighted by molar-refractivity contribution is 5.44. The topological polar surface area (TPSA) is 44.9 Å². The van der Waals surface area contributed by atoms with Crippen molar-refractivity contribution >= 4 is 0 Å². The molecule has 1 saturated heterocycles. The fourth-order valence-corrected chi connectivity index (χ4v) is 2.64. The summed E-state index contributed by atoms with van der Waals surface area (Å²) in [7, 11) is 2.00. The van der Waals surface area contributed by atoms with Gasteiger partial charge in [-0.1, -0.05) is 0 Å². The quantitative estimate of drug-likeness (QED) is 0.827. The number of hydrogen-bond acceptors (Lipinski definition) is 3. The largest absolute Gasteiger partial charge is 0.381 e. The van der Waals surface area contributed by atoms with E-state index in [2.05, 4.69) is 14.5 Å². The van der Waals surface area contributed by atoms with Crippen molar-refractivity contribution < 1.29 is 4.74 Å². The Kier molecular flexibility index (Phi) is 3.64. The molecule has 0 spiro atoms. The zero-order valence-corrected chi connectivity index (χ0v) is 11.3. The van der Waals surface area contributed by atoms with Gasteiger partial charge in [-0.2, -0.15) is 0 Å². The second-order valence-electron chi connectivity index (χ2n) is 5.18. The van der Waals surface area contributed by atoms with Crippen LogP contribution in [0.15, 0.2) is 24.8 Å². The van der Waals surface area contributed by atoms with Gasteiger partial charge < -0.3 is 13.9 Å². The molecule has 0 amide bonds. The summed E-state index contributed by atoms with van der Waals surface area (Å²) in [6.45, 7) is 2.88. The first-order valence-corrected chi connectivity index (χ1v) is 6.91. The first-order chi connectivity index (χ1) is 9.34. The summed E-state index contributed by atoms with van der Waals surface area (Å²) >= 11 is 0. The molecule has 3 heterocycles. The number of hydrogen-bond donors (Lipinski definition) is 0. The molecular weight excluding hydrogens is 240 g/mol. The van der Waals surface area contributed by atoms with Crippen LogP contribution in [0.1, 0.15) is 19.3 Å². The van der Waals surface area contributed by atoms with Crippen LogP contribution in [0.25, 0.3) is 11.6 Å². The summed E-state index contributed by atoms with van der Waals surface area (Å²) in [6.07, 6.45) is 11.3. The molecule has 1 atom stereocenters. The van der Waals surface area contributed by atoms with Gasteiger partial charge in [0.1, 0.15) is 0 Å². The van der Waals surface area contributed by atoms with Crippen LogP contribution in [-0.2, 0) is 18.3 Å². The Morgan fingerprint density at radius 2 is 2.11 bits per heavy atom. The van der Waals surface area contributed by atoms with Crippen molar-refractivity contribution in [2.45, 2.75) is 25.8 Å². The molecule has 5 heteroatoms. The molecule has 2 aromatic rings. The lowest BCUT2D eigenvalue weighted by Gasteiger charge is -2.10. The van der Waals surface area contributed by atoms with Crippen LogP contribution < -0.4 is 0 Å². The molecular formula is C14H20N4O. The standard InChI is InChI=1S/C14H20N4O/c1-17-8-5-15-13(17)14-16-6-9-18(14)7-2-3-12-4-10-19-11-12/h5-6,8-9,12H,2-4,7,10-11H2,1H3. The molecule has 2 aromatic heterocycles. The van der Waals surface area contributed by atoms with Gasteiger partial charge in [0.25, 0.3) is 0 Å². The normalized spacial score (nSPS) is 19.1. The second-order valence-corrected chi connectivity index (χ2v) is 5.18. The van der Waals surface area contributed by atoms with E-state index in [1.165, 1.54) is 19.3 Å². The number of rotatable bonds is 5. The first-order valence-electron chi connectivity index (χ1n) is 6.91. The lowest BCUT2D eigenvalue weighted by molar-refractivity contribution is 0.183. The molecule has 1 aliphatic rings. The summed E-state index contributed by atoms with van der Waals surface area (Å²) < 4.78 is 9.61. The number of ether oxygens (including phenoxy) is 1. The fourth-order valence-electron chi connectivity index (χ4n) is 2.64. The number of nitrogens with zero attached hydrogens (tertiary/aromatic N) is 4. The predicted octanol–water partition coefficient (Wildman–Crippen LogP) is 2.10. The maximum absolute atomic E-state index is 5.41. The van der Waals surface area contributed by atoms with E-state index in [9.17, 15) is 0 Å². The van der Waals surface area contributed by atoms with Crippen LogP contribution in [-0.4, -0.2) is 32.3 Å². The lowest BCUT2D eigenvalue weighted by Crippen LogP contribution is -2.06. The maximum Gasteiger partial charge on any atom is 0.176 e. The molecule has 1 aliphatic heterocycles. The minimum atomic E-state index is 0.750. The zero-order chi connectivity index (χ0) is 13.1. The molecule has 3 rings (SSSR count). The van der Waals surface area contributed by atoms with E-state index >= 15 is 0 Å². The van der Waals surface area contributed by atoms with Crippen molar-refractivity contribution in [2.75, 3.05) is 13.2 Å². The van der Waals surface area contributed by atoms with Crippen molar-refractivity contribution in [3.05, 3.63) is 24.8 Å². The van der Waals surface area contributed by atoms with Crippen molar-refractivity contribution in [1.82, 2.24) is 19.1 Å². The minimum Gasteiger partial charge on any atom is -0.381 e. The van der Waals surface area contributed by atoms with Crippen molar-refractivity contribution in [3.63, 3.8) is 0 Å². The fraction of sp³-hybridized carbons (Fsp3) is 0.571. The zero-order valence-electron chi connectivity index (χ0n) is 11.3. The summed E-state index contributed by atoms with van der Waals surface area (Å²) in [5.41, 5.74) is 0. The van der Waals surface area contributed by atoms with Gasteiger partial charge >= 0.3 is 0 Å². The van der Waals surface area contributed by atoms with Gasteiger partial charge in [0.2, 0.25) is 0 Å². The summed E-state index contributed by atoms with van der Waals surface area (Å²) in [4.78, 5) is 8.79. The lowest BCUT2D eigenvalue weighted by atomic mass is 10.0. The van der Waals surface area contributed by atoms with Gasteiger partial charge in [-0.25, -0.2) is 9.97 Å². The van der Waals surface area contributed by atoms with Crippen molar-refractivity contribution in [1.29, 1.82) is 0 Å². The van der Waals surface area contributed by atoms with Gasteiger partial charge in [-0.3, -0.25) is 0 Å². The molecule has 0 aliphatic carbocycles. The molecule has 5 nitrogen and oxygen atoms in total. The van der Waals surface area contributed by atoms with E-state index in [0.29, 0.717) is 0 Å². The Morgan fingerprint density at radius 1 is 1.26 bits per heavy atom. The SMILES string of the molecule is Cn1ccnc1-c1nccn1CCCC1CCOC1. The number of imidazole rings is 2. The Hall–Kier alpha value is -1.62. The molecule has 0 aromatic carbocycles. The van der Waals surface area contributed by atoms with E-state index < -0.39 is 0 Å². The molecule has 1 unspecified atom stereocenters. The van der Waals surface area contributed by atoms with Crippen LogP contribution in [0, 0.1) is 5.92 Å². The third-order valence-electron chi connectivity index (χ3n) is 3.77. The summed E-state index contributed by atoms with van der Waals surface area (Å²) in [5.74, 6) is 2.63. The monoisotopic (exact) mass is 260 g/mol. The third kappa shape index (κ3) is 2.71. The second kappa shape index (κ2) is 5.57. The van der Waals surface area contributed by atoms with Gasteiger partial charge in [-0.05, 0) is 25.2 Å². The molecule has 19 heavy (non-hydrogen) atoms. The average Bonchev–Trinajstić information content (AvgIpc) is 3.10. The van der Waals surface area contributed by atoms with Crippen LogP contribution >= 0.6 is 0 Å². The van der Waals surface area contributed by atoms with Gasteiger partial charge in [0.05, 0.1) is 0 Å². The molecule has 0 radical (unpaired) electrons. The summed E-state index contributed by atoms with van der Waals surface area (Å²) in [5, 5.41) is 0. The van der Waals surface area contributed by atoms with E-state index in [4.69, 9.17) is 4.74 Å². The predicted molar refractivity (Wildman–Crippen MR) is 72.6 cm³/mol. The molecule has 1 fully saturated rings. The molecule has 102 valence electrons. The van der Waals surface area contributed by atoms with Crippen LogP contribution in [0.5, 0.6) is 0 Å².